The molecule has 0 spiro atoms. The van der Waals surface area contributed by atoms with Crippen molar-refractivity contribution < 1.29 is 14.7 Å². The third-order valence-electron chi connectivity index (χ3n) is 1.73. The minimum absolute atomic E-state index is 0.0178. The number of carbonyl (C=O) groups excluding carboxylic acids is 1. The molecule has 0 saturated carbocycles. The van der Waals surface area contributed by atoms with Crippen molar-refractivity contribution in [2.24, 2.45) is 0 Å². The molecule has 0 aliphatic rings. The van der Waals surface area contributed by atoms with Crippen LogP contribution in [0.2, 0.25) is 0 Å². The van der Waals surface area contributed by atoms with E-state index in [1.807, 2.05) is 25.9 Å². The summed E-state index contributed by atoms with van der Waals surface area (Å²) in [5.74, 6) is -1.52. The van der Waals surface area contributed by atoms with E-state index in [1.165, 1.54) is 0 Å². The smallest absolute Gasteiger partial charge is 0.312 e. The minimum Gasteiger partial charge on any atom is -0.481 e. The van der Waals surface area contributed by atoms with Gasteiger partial charge in [-0.05, 0) is 34.0 Å². The Balaban J connectivity index is 3.65. The number of aliphatic carboxylic acids is 1. The Morgan fingerprint density at radius 1 is 1.43 bits per heavy atom. The number of nitrogens with zero attached hydrogens (tertiary/aromatic N) is 1. The second-order valence-corrected chi connectivity index (χ2v) is 3.63. The second kappa shape index (κ2) is 6.37. The monoisotopic (exact) mass is 202 g/mol. The number of nitrogens with one attached hydrogen (secondary N) is 1. The van der Waals surface area contributed by atoms with Crippen molar-refractivity contribution in [1.29, 1.82) is 0 Å². The Kier molecular flexibility index (Phi) is 5.87. The summed E-state index contributed by atoms with van der Waals surface area (Å²) in [4.78, 5) is 23.2. The molecule has 82 valence electrons. The topological polar surface area (TPSA) is 69.6 Å². The van der Waals surface area contributed by atoms with E-state index >= 15 is 0 Å². The fourth-order valence-electron chi connectivity index (χ4n) is 0.987. The number of carboxylic acids is 1. The van der Waals surface area contributed by atoms with Gasteiger partial charge in [0, 0.05) is 6.04 Å². The van der Waals surface area contributed by atoms with Gasteiger partial charge in [0.05, 0.1) is 0 Å². The molecule has 1 amide bonds. The van der Waals surface area contributed by atoms with Crippen molar-refractivity contribution in [3.63, 3.8) is 0 Å². The van der Waals surface area contributed by atoms with Gasteiger partial charge >= 0.3 is 5.97 Å². The molecule has 0 radical (unpaired) electrons. The number of hydrogen-bond acceptors (Lipinski definition) is 3. The van der Waals surface area contributed by atoms with Crippen molar-refractivity contribution in [2.75, 3.05) is 20.6 Å². The average molecular weight is 202 g/mol. The predicted octanol–water partition coefficient (Wildman–Crippen LogP) is -0.0825. The first kappa shape index (κ1) is 12.9. The number of hydrogen-bond donors (Lipinski definition) is 2. The molecule has 14 heavy (non-hydrogen) atoms. The molecular weight excluding hydrogens is 184 g/mol. The zero-order valence-electron chi connectivity index (χ0n) is 8.91. The van der Waals surface area contributed by atoms with Crippen LogP contribution in [0.5, 0.6) is 0 Å². The van der Waals surface area contributed by atoms with Crippen molar-refractivity contribution in [3.05, 3.63) is 0 Å². The van der Waals surface area contributed by atoms with Crippen LogP contribution >= 0.6 is 0 Å². The summed E-state index contributed by atoms with van der Waals surface area (Å²) in [6, 6.07) is 0.0178. The summed E-state index contributed by atoms with van der Waals surface area (Å²) in [5, 5.41) is 11.0. The molecule has 0 aliphatic heterocycles. The summed E-state index contributed by atoms with van der Waals surface area (Å²) < 4.78 is 0. The van der Waals surface area contributed by atoms with E-state index in [0.29, 0.717) is 0 Å². The third-order valence-corrected chi connectivity index (χ3v) is 1.73. The quantitative estimate of drug-likeness (QED) is 0.591. The number of rotatable bonds is 6. The maximum absolute atomic E-state index is 11.0. The van der Waals surface area contributed by atoms with Crippen molar-refractivity contribution in [2.45, 2.75) is 25.8 Å². The van der Waals surface area contributed by atoms with E-state index in [-0.39, 0.29) is 6.04 Å². The molecule has 0 fully saturated rings. The molecule has 5 heteroatoms. The molecule has 5 nitrogen and oxygen atoms in total. The zero-order chi connectivity index (χ0) is 11.1. The Morgan fingerprint density at radius 2 is 2.00 bits per heavy atom. The summed E-state index contributed by atoms with van der Waals surface area (Å²) in [5.41, 5.74) is 0. The van der Waals surface area contributed by atoms with Gasteiger partial charge in [-0.1, -0.05) is 0 Å². The molecule has 0 rings (SSSR count). The number of amides is 1. The van der Waals surface area contributed by atoms with E-state index in [0.717, 1.165) is 13.0 Å². The van der Waals surface area contributed by atoms with Gasteiger partial charge in [-0.3, -0.25) is 9.59 Å². The molecule has 0 aliphatic carbocycles. The molecule has 0 aromatic heterocycles. The molecule has 0 bridgehead atoms. The van der Waals surface area contributed by atoms with Crippen LogP contribution in [0.4, 0.5) is 0 Å². The van der Waals surface area contributed by atoms with E-state index in [2.05, 4.69) is 5.32 Å². The van der Waals surface area contributed by atoms with E-state index < -0.39 is 18.3 Å². The standard InChI is InChI=1S/C9H18N2O3/c1-7(4-5-11(2)3)10-8(12)6-9(13)14/h7H,4-6H2,1-3H3,(H,10,12)(H,13,14). The van der Waals surface area contributed by atoms with Gasteiger partial charge in [-0.2, -0.15) is 0 Å². The van der Waals surface area contributed by atoms with Crippen LogP contribution in [0.15, 0.2) is 0 Å². The van der Waals surface area contributed by atoms with Gasteiger partial charge in [0.2, 0.25) is 5.91 Å². The highest BCUT2D eigenvalue weighted by Gasteiger charge is 2.10. The summed E-state index contributed by atoms with van der Waals surface area (Å²) >= 11 is 0. The summed E-state index contributed by atoms with van der Waals surface area (Å²) in [7, 11) is 3.90. The van der Waals surface area contributed by atoms with Crippen LogP contribution < -0.4 is 5.32 Å². The zero-order valence-corrected chi connectivity index (χ0v) is 8.91. The Labute approximate surface area is 84.1 Å². The molecule has 0 saturated heterocycles. The van der Waals surface area contributed by atoms with E-state index in [9.17, 15) is 9.59 Å². The van der Waals surface area contributed by atoms with Gasteiger partial charge in [0.25, 0.3) is 0 Å². The number of carbonyl (C=O) groups is 2. The van der Waals surface area contributed by atoms with Crippen LogP contribution in [0, 0.1) is 0 Å². The first-order valence-corrected chi connectivity index (χ1v) is 4.57. The maximum Gasteiger partial charge on any atom is 0.312 e. The molecule has 0 aromatic rings. The number of carboxylic acid groups (broad SMARTS) is 1. The lowest BCUT2D eigenvalue weighted by molar-refractivity contribution is -0.140. The fraction of sp³-hybridized carbons (Fsp3) is 0.778. The molecule has 0 heterocycles. The normalized spacial score (nSPS) is 12.6. The van der Waals surface area contributed by atoms with Crippen LogP contribution in [-0.2, 0) is 9.59 Å². The highest BCUT2D eigenvalue weighted by Crippen LogP contribution is 1.93. The highest BCUT2D eigenvalue weighted by atomic mass is 16.4. The van der Waals surface area contributed by atoms with Gasteiger partial charge < -0.3 is 15.3 Å². The molecule has 1 unspecified atom stereocenters. The van der Waals surface area contributed by atoms with Crippen LogP contribution in [0.3, 0.4) is 0 Å². The first-order valence-electron chi connectivity index (χ1n) is 4.57. The lowest BCUT2D eigenvalue weighted by Crippen LogP contribution is -2.35. The third kappa shape index (κ3) is 7.54. The Morgan fingerprint density at radius 3 is 2.43 bits per heavy atom. The molecule has 2 N–H and O–H groups in total. The van der Waals surface area contributed by atoms with Crippen molar-refractivity contribution in [1.82, 2.24) is 10.2 Å². The predicted molar refractivity (Wildman–Crippen MR) is 53.0 cm³/mol. The largest absolute Gasteiger partial charge is 0.481 e. The first-order chi connectivity index (χ1) is 6.41. The van der Waals surface area contributed by atoms with Crippen LogP contribution in [-0.4, -0.2) is 48.6 Å². The van der Waals surface area contributed by atoms with E-state index in [4.69, 9.17) is 5.11 Å². The SMILES string of the molecule is CC(CCN(C)C)NC(=O)CC(=O)O. The highest BCUT2D eigenvalue weighted by molar-refractivity contribution is 5.93. The van der Waals surface area contributed by atoms with Gasteiger partial charge in [-0.15, -0.1) is 0 Å². The lowest BCUT2D eigenvalue weighted by Gasteiger charge is -2.16. The lowest BCUT2D eigenvalue weighted by atomic mass is 10.2. The van der Waals surface area contributed by atoms with Gasteiger partial charge in [0.1, 0.15) is 6.42 Å². The molecular formula is C9H18N2O3. The minimum atomic E-state index is -1.10. The van der Waals surface area contributed by atoms with Gasteiger partial charge in [-0.25, -0.2) is 0 Å². The Hall–Kier alpha value is -1.10. The average Bonchev–Trinajstić information content (AvgIpc) is 1.98. The molecule has 0 aromatic carbocycles. The summed E-state index contributed by atoms with van der Waals surface area (Å²) in [6.45, 7) is 2.73. The summed E-state index contributed by atoms with van der Waals surface area (Å²) in [6.07, 6.45) is 0.366. The Bertz CT molecular complexity index is 204. The van der Waals surface area contributed by atoms with Crippen LogP contribution in [0.25, 0.3) is 0 Å². The van der Waals surface area contributed by atoms with Crippen LogP contribution in [0.1, 0.15) is 19.8 Å². The second-order valence-electron chi connectivity index (χ2n) is 3.63. The fourth-order valence-corrected chi connectivity index (χ4v) is 0.987. The molecule has 1 atom stereocenters. The maximum atomic E-state index is 11.0. The van der Waals surface area contributed by atoms with Crippen molar-refractivity contribution in [3.8, 4) is 0 Å². The van der Waals surface area contributed by atoms with Crippen molar-refractivity contribution >= 4 is 11.9 Å². The van der Waals surface area contributed by atoms with E-state index in [1.54, 1.807) is 0 Å². The van der Waals surface area contributed by atoms with Gasteiger partial charge in [0.15, 0.2) is 0 Å².